The number of carbonyl (C=O) groups excluding carboxylic acids is 2. The Hall–Kier alpha value is -3.32. The average molecular weight is 741 g/mol. The molecular formula is C38H49ClN4O7S. The number of sulfonamides is 1. The number of aryl methyl sites for hydroxylation is 1. The number of fused-ring (bicyclic) bond motifs is 4. The molecule has 1 spiro atoms. The quantitative estimate of drug-likeness (QED) is 0.418. The summed E-state index contributed by atoms with van der Waals surface area (Å²) in [5.74, 6) is 0.165. The van der Waals surface area contributed by atoms with E-state index >= 15 is 0 Å². The van der Waals surface area contributed by atoms with Crippen LogP contribution in [0.3, 0.4) is 0 Å². The molecular weight excluding hydrogens is 692 g/mol. The maximum absolute atomic E-state index is 13.8. The standard InChI is InChI=1S/C38H49ClN4O7S/c1-37(2)35(44)40-51(46,47)29-11-14-34-32(20-29)43(23-38(24-49-34)16-5-7-25-19-27(39)10-13-31(25)38)21-26-9-12-30(26)33(8-6-17-41(37)3)50-36(45)42-18-15-28(22-42)48-4/h6,8,10-11,13-14,19-20,26,28,30,33H,5,7,9,12,15-18,21-24H2,1-4H3,(H,40,44)/b8-6+/t26-,28+,30+,33-,38-/m0/s1. The molecule has 0 aromatic heterocycles. The summed E-state index contributed by atoms with van der Waals surface area (Å²) in [6.07, 6.45) is 8.46. The largest absolute Gasteiger partial charge is 0.490 e. The van der Waals surface area contributed by atoms with Crippen LogP contribution >= 0.6 is 11.6 Å². The number of carbonyl (C=O) groups is 2. The van der Waals surface area contributed by atoms with Crippen LogP contribution in [-0.2, 0) is 36.1 Å². The van der Waals surface area contributed by atoms with E-state index in [0.717, 1.165) is 38.5 Å². The van der Waals surface area contributed by atoms with Crippen LogP contribution < -0.4 is 14.4 Å². The molecule has 3 heterocycles. The van der Waals surface area contributed by atoms with Crippen LogP contribution in [0.5, 0.6) is 5.75 Å². The molecule has 2 aromatic rings. The van der Waals surface area contributed by atoms with E-state index in [9.17, 15) is 18.0 Å². The van der Waals surface area contributed by atoms with Crippen molar-refractivity contribution in [2.24, 2.45) is 11.8 Å². The zero-order valence-corrected chi connectivity index (χ0v) is 31.5. The van der Waals surface area contributed by atoms with E-state index in [1.54, 1.807) is 49.9 Å². The highest BCUT2D eigenvalue weighted by Gasteiger charge is 2.46. The third kappa shape index (κ3) is 6.96. The second-order valence-electron chi connectivity index (χ2n) is 15.5. The van der Waals surface area contributed by atoms with E-state index in [4.69, 9.17) is 25.8 Å². The van der Waals surface area contributed by atoms with Gasteiger partial charge in [0.15, 0.2) is 0 Å². The molecule has 276 valence electrons. The summed E-state index contributed by atoms with van der Waals surface area (Å²) in [6.45, 7) is 6.46. The number of likely N-dealkylation sites (N-methyl/N-ethyl adjacent to an activating group) is 1. The van der Waals surface area contributed by atoms with Crippen LogP contribution in [0.15, 0.2) is 53.4 Å². The summed E-state index contributed by atoms with van der Waals surface area (Å²) in [7, 11) is -0.778. The number of amides is 2. The molecule has 0 radical (unpaired) electrons. The van der Waals surface area contributed by atoms with Gasteiger partial charge in [0, 0.05) is 49.6 Å². The average Bonchev–Trinajstić information content (AvgIpc) is 3.52. The highest BCUT2D eigenvalue weighted by atomic mass is 35.5. The number of ether oxygens (including phenoxy) is 3. The number of methoxy groups -OCH3 is 1. The number of nitrogens with zero attached hydrogens (tertiary/aromatic N) is 3. The van der Waals surface area contributed by atoms with Gasteiger partial charge in [-0.25, -0.2) is 17.9 Å². The Bertz CT molecular complexity index is 1820. The predicted octanol–water partition coefficient (Wildman–Crippen LogP) is 5.15. The molecule has 3 aliphatic heterocycles. The Morgan fingerprint density at radius 1 is 1.10 bits per heavy atom. The Balaban J connectivity index is 1.28. The van der Waals surface area contributed by atoms with Gasteiger partial charge in [0.25, 0.3) is 15.9 Å². The van der Waals surface area contributed by atoms with Gasteiger partial charge in [-0.2, -0.15) is 0 Å². The minimum Gasteiger partial charge on any atom is -0.490 e. The first kappa shape index (κ1) is 36.1. The van der Waals surface area contributed by atoms with Crippen molar-refractivity contribution in [1.82, 2.24) is 14.5 Å². The summed E-state index contributed by atoms with van der Waals surface area (Å²) in [6, 6.07) is 11.0. The first-order valence-electron chi connectivity index (χ1n) is 18.0. The lowest BCUT2D eigenvalue weighted by Crippen LogP contribution is -2.54. The van der Waals surface area contributed by atoms with Gasteiger partial charge in [-0.1, -0.05) is 23.7 Å². The zero-order chi connectivity index (χ0) is 36.1. The van der Waals surface area contributed by atoms with E-state index < -0.39 is 27.6 Å². The summed E-state index contributed by atoms with van der Waals surface area (Å²) in [4.78, 5) is 32.9. The van der Waals surface area contributed by atoms with Crippen LogP contribution in [0.4, 0.5) is 10.5 Å². The smallest absolute Gasteiger partial charge is 0.410 e. The molecule has 13 heteroatoms. The molecule has 5 aliphatic rings. The number of anilines is 1. The van der Waals surface area contributed by atoms with Crippen molar-refractivity contribution in [3.63, 3.8) is 0 Å². The van der Waals surface area contributed by atoms with Crippen molar-refractivity contribution in [2.75, 3.05) is 58.4 Å². The molecule has 1 N–H and O–H groups in total. The van der Waals surface area contributed by atoms with Gasteiger partial charge in [0.1, 0.15) is 11.9 Å². The van der Waals surface area contributed by atoms with Gasteiger partial charge in [0.2, 0.25) is 0 Å². The second kappa shape index (κ2) is 13.9. The Kier molecular flexibility index (Phi) is 9.83. The molecule has 51 heavy (non-hydrogen) atoms. The van der Waals surface area contributed by atoms with Crippen molar-refractivity contribution in [2.45, 2.75) is 80.4 Å². The van der Waals surface area contributed by atoms with E-state index in [-0.39, 0.29) is 34.3 Å². The van der Waals surface area contributed by atoms with Gasteiger partial charge in [0.05, 0.1) is 35.4 Å². The highest BCUT2D eigenvalue weighted by molar-refractivity contribution is 7.90. The topological polar surface area (TPSA) is 118 Å². The SMILES string of the molecule is CO[C@@H]1CCN(C(=O)O[C@H]2/C=C/CN(C)C(C)(C)C(=O)NS(=O)(=O)c3ccc4c(c3)N(C[C@@H]3CC[C@H]32)C[C@@]2(CCCc3cc(Cl)ccc32)CO4)C1. The monoisotopic (exact) mass is 740 g/mol. The highest BCUT2D eigenvalue weighted by Crippen LogP contribution is 2.47. The molecule has 7 rings (SSSR count). The third-order valence-corrected chi connectivity index (χ3v) is 13.7. The van der Waals surface area contributed by atoms with Crippen molar-refractivity contribution in [1.29, 1.82) is 0 Å². The lowest BCUT2D eigenvalue weighted by atomic mass is 9.68. The van der Waals surface area contributed by atoms with Crippen LogP contribution in [0, 0.1) is 11.8 Å². The van der Waals surface area contributed by atoms with Crippen molar-refractivity contribution in [3.05, 3.63) is 64.7 Å². The van der Waals surface area contributed by atoms with Crippen LogP contribution in [-0.4, -0.2) is 101 Å². The molecule has 5 atom stereocenters. The zero-order valence-electron chi connectivity index (χ0n) is 29.9. The third-order valence-electron chi connectivity index (χ3n) is 12.1. The lowest BCUT2D eigenvalue weighted by molar-refractivity contribution is -0.128. The van der Waals surface area contributed by atoms with Crippen LogP contribution in [0.25, 0.3) is 0 Å². The second-order valence-corrected chi connectivity index (χ2v) is 17.6. The maximum atomic E-state index is 13.8. The van der Waals surface area contributed by atoms with E-state index in [1.807, 2.05) is 18.2 Å². The van der Waals surface area contributed by atoms with Gasteiger partial charge in [-0.3, -0.25) is 9.69 Å². The summed E-state index contributed by atoms with van der Waals surface area (Å²) in [5.41, 5.74) is 1.58. The Labute approximate surface area is 306 Å². The molecule has 1 saturated carbocycles. The number of nitrogens with one attached hydrogen (secondary N) is 1. The minimum absolute atomic E-state index is 0.00244. The molecule has 11 nitrogen and oxygen atoms in total. The van der Waals surface area contributed by atoms with Crippen molar-refractivity contribution >= 4 is 39.3 Å². The molecule has 0 unspecified atom stereocenters. The number of halogens is 1. The van der Waals surface area contributed by atoms with Gasteiger partial charge in [-0.05, 0) is 113 Å². The van der Waals surface area contributed by atoms with E-state index in [1.165, 1.54) is 17.2 Å². The fourth-order valence-electron chi connectivity index (χ4n) is 8.41. The molecule has 2 amide bonds. The van der Waals surface area contributed by atoms with Gasteiger partial charge >= 0.3 is 6.09 Å². The predicted molar refractivity (Wildman–Crippen MR) is 195 cm³/mol. The van der Waals surface area contributed by atoms with Crippen molar-refractivity contribution in [3.8, 4) is 5.75 Å². The van der Waals surface area contributed by atoms with E-state index in [2.05, 4.69) is 21.8 Å². The van der Waals surface area contributed by atoms with E-state index in [0.29, 0.717) is 55.8 Å². The van der Waals surface area contributed by atoms with Gasteiger partial charge in [-0.15, -0.1) is 0 Å². The molecule has 2 bridgehead atoms. The first-order valence-corrected chi connectivity index (χ1v) is 19.9. The van der Waals surface area contributed by atoms with Gasteiger partial charge < -0.3 is 24.0 Å². The number of rotatable bonds is 2. The van der Waals surface area contributed by atoms with Crippen molar-refractivity contribution < 1.29 is 32.2 Å². The fourth-order valence-corrected chi connectivity index (χ4v) is 9.73. The number of hydrogen-bond acceptors (Lipinski definition) is 9. The first-order chi connectivity index (χ1) is 24.3. The molecule has 2 fully saturated rings. The fraction of sp³-hybridized carbons (Fsp3) is 0.579. The summed E-state index contributed by atoms with van der Waals surface area (Å²) in [5, 5.41) is 0.706. The molecule has 2 aromatic carbocycles. The Morgan fingerprint density at radius 3 is 2.67 bits per heavy atom. The maximum Gasteiger partial charge on any atom is 0.410 e. The number of likely N-dealkylation sites (tertiary alicyclic amines) is 1. The molecule has 2 aliphatic carbocycles. The minimum atomic E-state index is -4.21. The summed E-state index contributed by atoms with van der Waals surface area (Å²) >= 11 is 6.45. The van der Waals surface area contributed by atoms with Crippen LogP contribution in [0.2, 0.25) is 5.02 Å². The van der Waals surface area contributed by atoms with Crippen LogP contribution in [0.1, 0.15) is 57.1 Å². The number of benzene rings is 2. The lowest BCUT2D eigenvalue weighted by Gasteiger charge is -2.46. The Morgan fingerprint density at radius 2 is 1.92 bits per heavy atom. The molecule has 1 saturated heterocycles. The summed E-state index contributed by atoms with van der Waals surface area (Å²) < 4.78 is 48.3. The normalized spacial score (nSPS) is 31.0. The number of hydrogen-bond donors (Lipinski definition) is 1.